The van der Waals surface area contributed by atoms with Crippen molar-refractivity contribution in [1.82, 2.24) is 0 Å². The van der Waals surface area contributed by atoms with Crippen LogP contribution in [0.5, 0.6) is 0 Å². The molecule has 0 aliphatic rings. The molecule has 0 spiro atoms. The second-order valence-corrected chi connectivity index (χ2v) is 4.78. The predicted molar refractivity (Wildman–Crippen MR) is 72.9 cm³/mol. The molecule has 0 saturated carbocycles. The number of halogens is 1. The van der Waals surface area contributed by atoms with Crippen LogP contribution in [-0.2, 0) is 6.54 Å². The molecule has 0 saturated heterocycles. The van der Waals surface area contributed by atoms with Crippen LogP contribution in [0.3, 0.4) is 0 Å². The molecular formula is C14H16ClNO2. The third kappa shape index (κ3) is 2.86. The van der Waals surface area contributed by atoms with E-state index in [1.807, 2.05) is 30.1 Å². The standard InChI is InChI=1S/C14H16ClNO2/c1-10(17)12-3-4-14(13(15)7-12)16(2)8-11-5-6-18-9-11/h3-7,9-10,17H,8H2,1-2H3. The lowest BCUT2D eigenvalue weighted by molar-refractivity contribution is 0.199. The summed E-state index contributed by atoms with van der Waals surface area (Å²) in [5, 5.41) is 10.1. The summed E-state index contributed by atoms with van der Waals surface area (Å²) in [6.07, 6.45) is 2.87. The Balaban J connectivity index is 2.17. The maximum atomic E-state index is 9.50. The smallest absolute Gasteiger partial charge is 0.0952 e. The normalized spacial score (nSPS) is 12.4. The van der Waals surface area contributed by atoms with Gasteiger partial charge in [-0.25, -0.2) is 0 Å². The molecule has 96 valence electrons. The Kier molecular flexibility index (Phi) is 3.94. The van der Waals surface area contributed by atoms with E-state index in [0.717, 1.165) is 23.4 Å². The zero-order chi connectivity index (χ0) is 13.1. The average Bonchev–Trinajstić information content (AvgIpc) is 2.81. The van der Waals surface area contributed by atoms with Gasteiger partial charge >= 0.3 is 0 Å². The molecule has 4 heteroatoms. The van der Waals surface area contributed by atoms with Crippen LogP contribution in [0, 0.1) is 0 Å². The Morgan fingerprint density at radius 2 is 2.17 bits per heavy atom. The van der Waals surface area contributed by atoms with Crippen LogP contribution in [-0.4, -0.2) is 12.2 Å². The van der Waals surface area contributed by atoms with Crippen LogP contribution in [0.2, 0.25) is 5.02 Å². The molecule has 0 fully saturated rings. The summed E-state index contributed by atoms with van der Waals surface area (Å²) in [5.41, 5.74) is 2.84. The van der Waals surface area contributed by atoms with E-state index in [1.54, 1.807) is 25.5 Å². The van der Waals surface area contributed by atoms with Crippen molar-refractivity contribution >= 4 is 17.3 Å². The fourth-order valence-corrected chi connectivity index (χ4v) is 2.17. The quantitative estimate of drug-likeness (QED) is 0.917. The molecule has 2 rings (SSSR count). The van der Waals surface area contributed by atoms with Crippen LogP contribution in [0.15, 0.2) is 41.2 Å². The molecule has 1 atom stereocenters. The minimum atomic E-state index is -0.504. The van der Waals surface area contributed by atoms with E-state index in [4.69, 9.17) is 16.0 Å². The Hall–Kier alpha value is -1.45. The molecule has 18 heavy (non-hydrogen) atoms. The van der Waals surface area contributed by atoms with Gasteiger partial charge in [0.2, 0.25) is 0 Å². The van der Waals surface area contributed by atoms with Gasteiger partial charge in [0.15, 0.2) is 0 Å². The van der Waals surface area contributed by atoms with Crippen molar-refractivity contribution in [2.45, 2.75) is 19.6 Å². The molecule has 2 aromatic rings. The summed E-state index contributed by atoms with van der Waals surface area (Å²) in [7, 11) is 1.97. The first kappa shape index (κ1) is 13.0. The largest absolute Gasteiger partial charge is 0.472 e. The minimum Gasteiger partial charge on any atom is -0.472 e. The van der Waals surface area contributed by atoms with Crippen molar-refractivity contribution in [3.8, 4) is 0 Å². The number of hydrogen-bond donors (Lipinski definition) is 1. The van der Waals surface area contributed by atoms with Gasteiger partial charge in [-0.3, -0.25) is 0 Å². The molecule has 0 amide bonds. The highest BCUT2D eigenvalue weighted by Crippen LogP contribution is 2.29. The number of nitrogens with zero attached hydrogens (tertiary/aromatic N) is 1. The maximum Gasteiger partial charge on any atom is 0.0952 e. The second-order valence-electron chi connectivity index (χ2n) is 4.37. The van der Waals surface area contributed by atoms with Gasteiger partial charge in [-0.2, -0.15) is 0 Å². The highest BCUT2D eigenvalue weighted by atomic mass is 35.5. The Bertz CT molecular complexity index is 509. The van der Waals surface area contributed by atoms with Crippen molar-refractivity contribution in [2.75, 3.05) is 11.9 Å². The lowest BCUT2D eigenvalue weighted by Gasteiger charge is -2.20. The fourth-order valence-electron chi connectivity index (χ4n) is 1.83. The van der Waals surface area contributed by atoms with Crippen molar-refractivity contribution in [3.63, 3.8) is 0 Å². The van der Waals surface area contributed by atoms with Gasteiger partial charge in [0.05, 0.1) is 29.3 Å². The molecule has 1 aromatic carbocycles. The molecule has 0 aliphatic carbocycles. The van der Waals surface area contributed by atoms with Gasteiger partial charge in [0.25, 0.3) is 0 Å². The van der Waals surface area contributed by atoms with Crippen LogP contribution in [0.25, 0.3) is 0 Å². The third-order valence-electron chi connectivity index (χ3n) is 2.87. The van der Waals surface area contributed by atoms with Gasteiger partial charge < -0.3 is 14.4 Å². The van der Waals surface area contributed by atoms with Crippen LogP contribution >= 0.6 is 11.6 Å². The zero-order valence-corrected chi connectivity index (χ0v) is 11.2. The monoisotopic (exact) mass is 265 g/mol. The highest BCUT2D eigenvalue weighted by Gasteiger charge is 2.10. The Morgan fingerprint density at radius 3 is 2.72 bits per heavy atom. The number of rotatable bonds is 4. The first-order valence-corrected chi connectivity index (χ1v) is 6.15. The predicted octanol–water partition coefficient (Wildman–Crippen LogP) is 3.62. The van der Waals surface area contributed by atoms with Crippen LogP contribution in [0.1, 0.15) is 24.2 Å². The third-order valence-corrected chi connectivity index (χ3v) is 3.17. The number of aliphatic hydroxyl groups excluding tert-OH is 1. The first-order chi connectivity index (χ1) is 8.58. The molecule has 0 bridgehead atoms. The summed E-state index contributed by atoms with van der Waals surface area (Å²) >= 11 is 6.23. The lowest BCUT2D eigenvalue weighted by Crippen LogP contribution is -2.16. The van der Waals surface area contributed by atoms with Crippen molar-refractivity contribution in [3.05, 3.63) is 52.9 Å². The maximum absolute atomic E-state index is 9.50. The van der Waals surface area contributed by atoms with Crippen molar-refractivity contribution < 1.29 is 9.52 Å². The van der Waals surface area contributed by atoms with Crippen LogP contribution < -0.4 is 4.90 Å². The summed E-state index contributed by atoms with van der Waals surface area (Å²) in [6, 6.07) is 7.53. The average molecular weight is 266 g/mol. The van der Waals surface area contributed by atoms with E-state index in [-0.39, 0.29) is 0 Å². The van der Waals surface area contributed by atoms with Gasteiger partial charge in [0.1, 0.15) is 0 Å². The summed E-state index contributed by atoms with van der Waals surface area (Å²) in [6.45, 7) is 2.45. The number of anilines is 1. The first-order valence-electron chi connectivity index (χ1n) is 5.77. The lowest BCUT2D eigenvalue weighted by atomic mass is 10.1. The summed E-state index contributed by atoms with van der Waals surface area (Å²) in [5.74, 6) is 0. The number of aliphatic hydroxyl groups is 1. The Morgan fingerprint density at radius 1 is 1.39 bits per heavy atom. The second kappa shape index (κ2) is 5.46. The highest BCUT2D eigenvalue weighted by molar-refractivity contribution is 6.33. The molecule has 3 nitrogen and oxygen atoms in total. The Labute approximate surface area is 112 Å². The molecule has 0 aliphatic heterocycles. The number of furan rings is 1. The zero-order valence-electron chi connectivity index (χ0n) is 10.4. The van der Waals surface area contributed by atoms with E-state index in [2.05, 4.69) is 0 Å². The van der Waals surface area contributed by atoms with E-state index < -0.39 is 6.10 Å². The summed E-state index contributed by atoms with van der Waals surface area (Å²) < 4.78 is 5.04. The minimum absolute atomic E-state index is 0.504. The molecular weight excluding hydrogens is 250 g/mol. The van der Waals surface area contributed by atoms with Crippen molar-refractivity contribution in [1.29, 1.82) is 0 Å². The SMILES string of the molecule is CC(O)c1ccc(N(C)Cc2ccoc2)c(Cl)c1. The van der Waals surface area contributed by atoms with Gasteiger partial charge in [-0.05, 0) is 30.7 Å². The van der Waals surface area contributed by atoms with E-state index >= 15 is 0 Å². The topological polar surface area (TPSA) is 36.6 Å². The number of hydrogen-bond acceptors (Lipinski definition) is 3. The fraction of sp³-hybridized carbons (Fsp3) is 0.286. The number of benzene rings is 1. The van der Waals surface area contributed by atoms with Gasteiger partial charge in [0, 0.05) is 19.2 Å². The van der Waals surface area contributed by atoms with Gasteiger partial charge in [-0.15, -0.1) is 0 Å². The molecule has 1 N–H and O–H groups in total. The molecule has 1 heterocycles. The molecule has 1 unspecified atom stereocenters. The van der Waals surface area contributed by atoms with Gasteiger partial charge in [-0.1, -0.05) is 17.7 Å². The van der Waals surface area contributed by atoms with E-state index in [9.17, 15) is 5.11 Å². The van der Waals surface area contributed by atoms with Crippen LogP contribution in [0.4, 0.5) is 5.69 Å². The summed E-state index contributed by atoms with van der Waals surface area (Å²) in [4.78, 5) is 2.04. The molecule has 1 aromatic heterocycles. The molecule has 0 radical (unpaired) electrons. The van der Waals surface area contributed by atoms with Crippen molar-refractivity contribution in [2.24, 2.45) is 0 Å². The van der Waals surface area contributed by atoms with E-state index in [1.165, 1.54) is 0 Å². The van der Waals surface area contributed by atoms with E-state index in [0.29, 0.717) is 5.02 Å².